The van der Waals surface area contributed by atoms with Gasteiger partial charge in [-0.05, 0) is 30.9 Å². The average Bonchev–Trinajstić information content (AvgIpc) is 3.16. The van der Waals surface area contributed by atoms with E-state index in [0.29, 0.717) is 5.92 Å². The molecule has 0 aliphatic heterocycles. The Hall–Kier alpha value is -2.15. The molecule has 7 nitrogen and oxygen atoms in total. The molecule has 1 aromatic carbocycles. The number of hydrogen-bond acceptors (Lipinski definition) is 5. The highest BCUT2D eigenvalue weighted by molar-refractivity contribution is 5.96. The Bertz CT molecular complexity index is 532. The SMILES string of the molecule is CCCC1CC1NC(=O)c1ccc(NN)c([N+](=O)[O-])c1. The zero-order valence-electron chi connectivity index (χ0n) is 11.3. The van der Waals surface area contributed by atoms with E-state index in [2.05, 4.69) is 17.7 Å². The van der Waals surface area contributed by atoms with Crippen molar-refractivity contribution in [2.45, 2.75) is 32.2 Å². The number of anilines is 1. The van der Waals surface area contributed by atoms with Crippen LogP contribution in [0.25, 0.3) is 0 Å². The van der Waals surface area contributed by atoms with Gasteiger partial charge in [-0.3, -0.25) is 20.8 Å². The Balaban J connectivity index is 2.07. The molecule has 0 bridgehead atoms. The van der Waals surface area contributed by atoms with E-state index < -0.39 is 4.92 Å². The van der Waals surface area contributed by atoms with Crippen molar-refractivity contribution in [3.05, 3.63) is 33.9 Å². The van der Waals surface area contributed by atoms with Gasteiger partial charge in [-0.15, -0.1) is 0 Å². The lowest BCUT2D eigenvalue weighted by atomic mass is 10.1. The largest absolute Gasteiger partial charge is 0.349 e. The number of amides is 1. The summed E-state index contributed by atoms with van der Waals surface area (Å²) in [4.78, 5) is 22.4. The lowest BCUT2D eigenvalue weighted by Crippen LogP contribution is -2.27. The average molecular weight is 278 g/mol. The summed E-state index contributed by atoms with van der Waals surface area (Å²) in [6.45, 7) is 2.11. The maximum Gasteiger partial charge on any atom is 0.294 e. The van der Waals surface area contributed by atoms with Gasteiger partial charge in [-0.1, -0.05) is 13.3 Å². The van der Waals surface area contributed by atoms with E-state index >= 15 is 0 Å². The van der Waals surface area contributed by atoms with Crippen LogP contribution in [0.2, 0.25) is 0 Å². The maximum atomic E-state index is 12.0. The van der Waals surface area contributed by atoms with Gasteiger partial charge in [0, 0.05) is 17.7 Å². The van der Waals surface area contributed by atoms with Crippen molar-refractivity contribution in [2.24, 2.45) is 11.8 Å². The van der Waals surface area contributed by atoms with E-state index in [-0.39, 0.29) is 28.9 Å². The normalized spacial score (nSPS) is 20.3. The fourth-order valence-electron chi connectivity index (χ4n) is 2.31. The third kappa shape index (κ3) is 3.05. The number of nitrogen functional groups attached to an aromatic ring is 1. The molecule has 0 radical (unpaired) electrons. The Morgan fingerprint density at radius 2 is 2.30 bits per heavy atom. The Morgan fingerprint density at radius 1 is 1.55 bits per heavy atom. The summed E-state index contributed by atoms with van der Waals surface area (Å²) in [5.41, 5.74) is 2.50. The summed E-state index contributed by atoms with van der Waals surface area (Å²) in [5, 5.41) is 13.8. The number of nitro benzene ring substituents is 1. The van der Waals surface area contributed by atoms with Crippen molar-refractivity contribution in [1.82, 2.24) is 5.32 Å². The minimum absolute atomic E-state index is 0.182. The fourth-order valence-corrected chi connectivity index (χ4v) is 2.31. The predicted octanol–water partition coefficient (Wildman–Crippen LogP) is 1.80. The number of hydrazine groups is 1. The van der Waals surface area contributed by atoms with Gasteiger partial charge in [0.15, 0.2) is 0 Å². The number of rotatable bonds is 6. The van der Waals surface area contributed by atoms with Gasteiger partial charge in [-0.2, -0.15) is 0 Å². The number of nitrogens with one attached hydrogen (secondary N) is 2. The minimum atomic E-state index is -0.566. The van der Waals surface area contributed by atoms with Crippen LogP contribution in [0.1, 0.15) is 36.5 Å². The molecule has 4 N–H and O–H groups in total. The first kappa shape index (κ1) is 14.3. The molecule has 108 valence electrons. The predicted molar refractivity (Wildman–Crippen MR) is 75.2 cm³/mol. The summed E-state index contributed by atoms with van der Waals surface area (Å²) in [6, 6.07) is 4.40. The summed E-state index contributed by atoms with van der Waals surface area (Å²) < 4.78 is 0. The molecule has 1 amide bonds. The molecule has 0 spiro atoms. The highest BCUT2D eigenvalue weighted by Crippen LogP contribution is 2.35. The molecular formula is C13H18N4O3. The van der Waals surface area contributed by atoms with Gasteiger partial charge >= 0.3 is 0 Å². The standard InChI is InChI=1S/C13H18N4O3/c1-2-3-8-6-11(8)15-13(18)9-4-5-10(16-14)12(7-9)17(19)20/h4-5,7-8,11,16H,2-3,6,14H2,1H3,(H,15,18). The smallest absolute Gasteiger partial charge is 0.294 e. The molecule has 0 saturated heterocycles. The van der Waals surface area contributed by atoms with Gasteiger partial charge in [0.1, 0.15) is 5.69 Å². The third-order valence-corrected chi connectivity index (χ3v) is 3.51. The van der Waals surface area contributed by atoms with E-state index in [0.717, 1.165) is 19.3 Å². The molecule has 7 heteroatoms. The molecule has 2 rings (SSSR count). The van der Waals surface area contributed by atoms with Crippen LogP contribution in [0.3, 0.4) is 0 Å². The van der Waals surface area contributed by atoms with E-state index in [1.165, 1.54) is 18.2 Å². The Kier molecular flexibility index (Phi) is 4.19. The first-order valence-corrected chi connectivity index (χ1v) is 6.62. The van der Waals surface area contributed by atoms with Crippen molar-refractivity contribution in [1.29, 1.82) is 0 Å². The molecule has 0 aromatic heterocycles. The van der Waals surface area contributed by atoms with Crippen molar-refractivity contribution in [3.8, 4) is 0 Å². The van der Waals surface area contributed by atoms with Crippen LogP contribution >= 0.6 is 0 Å². The van der Waals surface area contributed by atoms with E-state index in [9.17, 15) is 14.9 Å². The monoisotopic (exact) mass is 278 g/mol. The van der Waals surface area contributed by atoms with Crippen LogP contribution in [0.4, 0.5) is 11.4 Å². The van der Waals surface area contributed by atoms with E-state index in [1.807, 2.05) is 0 Å². The topological polar surface area (TPSA) is 110 Å². The molecule has 20 heavy (non-hydrogen) atoms. The second kappa shape index (κ2) is 5.87. The molecular weight excluding hydrogens is 260 g/mol. The van der Waals surface area contributed by atoms with Crippen LogP contribution in [-0.2, 0) is 0 Å². The van der Waals surface area contributed by atoms with Gasteiger partial charge < -0.3 is 10.7 Å². The molecule has 1 aliphatic carbocycles. The van der Waals surface area contributed by atoms with Crippen LogP contribution in [0, 0.1) is 16.0 Å². The zero-order chi connectivity index (χ0) is 14.7. The van der Waals surface area contributed by atoms with E-state index in [1.54, 1.807) is 0 Å². The number of hydrogen-bond donors (Lipinski definition) is 3. The van der Waals surface area contributed by atoms with Crippen LogP contribution in [0.5, 0.6) is 0 Å². The number of carbonyl (C=O) groups excluding carboxylic acids is 1. The molecule has 1 fully saturated rings. The van der Waals surface area contributed by atoms with Gasteiger partial charge in [0.25, 0.3) is 11.6 Å². The van der Waals surface area contributed by atoms with Gasteiger partial charge in [-0.25, -0.2) is 0 Å². The highest BCUT2D eigenvalue weighted by Gasteiger charge is 2.37. The van der Waals surface area contributed by atoms with E-state index in [4.69, 9.17) is 5.84 Å². The van der Waals surface area contributed by atoms with Crippen molar-refractivity contribution < 1.29 is 9.72 Å². The van der Waals surface area contributed by atoms with Crippen molar-refractivity contribution >= 4 is 17.3 Å². The lowest BCUT2D eigenvalue weighted by Gasteiger charge is -2.06. The highest BCUT2D eigenvalue weighted by atomic mass is 16.6. The minimum Gasteiger partial charge on any atom is -0.349 e. The molecule has 2 unspecified atom stereocenters. The number of carbonyl (C=O) groups is 1. The molecule has 2 atom stereocenters. The third-order valence-electron chi connectivity index (χ3n) is 3.51. The maximum absolute atomic E-state index is 12.0. The number of nitrogens with zero attached hydrogens (tertiary/aromatic N) is 1. The molecule has 1 saturated carbocycles. The Morgan fingerprint density at radius 3 is 2.90 bits per heavy atom. The molecule has 1 aliphatic rings. The number of benzene rings is 1. The molecule has 0 heterocycles. The number of nitrogens with two attached hydrogens (primary N) is 1. The lowest BCUT2D eigenvalue weighted by molar-refractivity contribution is -0.384. The quantitative estimate of drug-likeness (QED) is 0.417. The summed E-state index contributed by atoms with van der Waals surface area (Å²) in [5.74, 6) is 5.47. The molecule has 1 aromatic rings. The van der Waals surface area contributed by atoms with Crippen molar-refractivity contribution in [2.75, 3.05) is 5.43 Å². The first-order chi connectivity index (χ1) is 9.56. The number of nitro groups is 1. The summed E-state index contributed by atoms with van der Waals surface area (Å²) >= 11 is 0. The van der Waals surface area contributed by atoms with Crippen molar-refractivity contribution in [3.63, 3.8) is 0 Å². The Labute approximate surface area is 116 Å². The second-order valence-electron chi connectivity index (χ2n) is 5.00. The fraction of sp³-hybridized carbons (Fsp3) is 0.462. The summed E-state index contributed by atoms with van der Waals surface area (Å²) in [6.07, 6.45) is 3.19. The van der Waals surface area contributed by atoms with Crippen LogP contribution in [0.15, 0.2) is 18.2 Å². The second-order valence-corrected chi connectivity index (χ2v) is 5.00. The zero-order valence-corrected chi connectivity index (χ0v) is 11.3. The van der Waals surface area contributed by atoms with Crippen LogP contribution < -0.4 is 16.6 Å². The van der Waals surface area contributed by atoms with Crippen LogP contribution in [-0.4, -0.2) is 16.9 Å². The van der Waals surface area contributed by atoms with Gasteiger partial charge in [0.05, 0.1) is 4.92 Å². The summed E-state index contributed by atoms with van der Waals surface area (Å²) in [7, 11) is 0. The van der Waals surface area contributed by atoms with Gasteiger partial charge in [0.2, 0.25) is 0 Å². The first-order valence-electron chi connectivity index (χ1n) is 6.62.